The van der Waals surface area contributed by atoms with Crippen LogP contribution in [0.4, 0.5) is 4.79 Å². The van der Waals surface area contributed by atoms with Crippen LogP contribution in [0.5, 0.6) is 0 Å². The number of hydrogen-bond donors (Lipinski definition) is 1. The number of alkyl carbamates (subject to hydrolysis) is 1. The topological polar surface area (TPSA) is 101 Å². The summed E-state index contributed by atoms with van der Waals surface area (Å²) in [5.74, 6) is -0.689. The smallest absolute Gasteiger partial charge is 0.407 e. The number of ether oxygens (including phenoxy) is 2. The summed E-state index contributed by atoms with van der Waals surface area (Å²) in [7, 11) is 0. The molecule has 0 saturated heterocycles. The summed E-state index contributed by atoms with van der Waals surface area (Å²) < 4.78 is 11.1. The van der Waals surface area contributed by atoms with Gasteiger partial charge < -0.3 is 14.8 Å². The Balaban J connectivity index is 1.46. The Morgan fingerprint density at radius 1 is 0.906 bits per heavy atom. The van der Waals surface area contributed by atoms with E-state index in [1.54, 1.807) is 6.20 Å². The maximum absolute atomic E-state index is 11.8. The number of rotatable bonds is 11. The first kappa shape index (κ1) is 23.0. The Bertz CT molecular complexity index is 979. The van der Waals surface area contributed by atoms with E-state index in [9.17, 15) is 9.59 Å². The van der Waals surface area contributed by atoms with Gasteiger partial charge in [0.15, 0.2) is 0 Å². The molecule has 165 valence electrons. The Morgan fingerprint density at radius 2 is 1.56 bits per heavy atom. The molecule has 1 unspecified atom stereocenters. The predicted molar refractivity (Wildman–Crippen MR) is 119 cm³/mol. The normalized spacial score (nSPS) is 11.5. The average molecular weight is 433 g/mol. The van der Waals surface area contributed by atoms with Gasteiger partial charge in [-0.1, -0.05) is 66.7 Å². The maximum Gasteiger partial charge on any atom is 0.407 e. The van der Waals surface area contributed by atoms with Gasteiger partial charge in [0.25, 0.3) is 0 Å². The highest BCUT2D eigenvalue weighted by Crippen LogP contribution is 2.22. The second-order valence-electron chi connectivity index (χ2n) is 7.23. The van der Waals surface area contributed by atoms with E-state index in [0.29, 0.717) is 19.6 Å². The highest BCUT2D eigenvalue weighted by molar-refractivity contribution is 5.73. The van der Waals surface area contributed by atoms with Gasteiger partial charge in [0.05, 0.1) is 19.1 Å². The van der Waals surface area contributed by atoms with Crippen molar-refractivity contribution in [2.75, 3.05) is 6.54 Å². The third kappa shape index (κ3) is 7.85. The van der Waals surface area contributed by atoms with Crippen molar-refractivity contribution in [2.45, 2.75) is 32.2 Å². The quantitative estimate of drug-likeness (QED) is 0.493. The zero-order chi connectivity index (χ0) is 22.6. The second kappa shape index (κ2) is 12.2. The molecule has 0 aliphatic carbocycles. The molecule has 1 radical (unpaired) electrons. The zero-order valence-electron chi connectivity index (χ0n) is 17.7. The van der Waals surface area contributed by atoms with E-state index < -0.39 is 18.1 Å². The molecule has 0 aliphatic rings. The molecule has 0 saturated carbocycles. The molecule has 0 fully saturated rings. The highest BCUT2D eigenvalue weighted by Gasteiger charge is 2.16. The van der Waals surface area contributed by atoms with Crippen LogP contribution in [0.15, 0.2) is 79.0 Å². The van der Waals surface area contributed by atoms with Crippen molar-refractivity contribution in [3.05, 3.63) is 101 Å². The molecule has 3 rings (SSSR count). The number of aromatic nitrogens is 1. The molecule has 1 atom stereocenters. The van der Waals surface area contributed by atoms with Gasteiger partial charge in [-0.25, -0.2) is 4.79 Å². The third-order valence-corrected chi connectivity index (χ3v) is 4.75. The summed E-state index contributed by atoms with van der Waals surface area (Å²) in [6.07, 6.45) is 1.14. The summed E-state index contributed by atoms with van der Waals surface area (Å²) in [5, 5.41) is 2.71. The van der Waals surface area contributed by atoms with Gasteiger partial charge in [-0.05, 0) is 22.8 Å². The van der Waals surface area contributed by atoms with E-state index in [0.717, 1.165) is 22.4 Å². The molecule has 7 nitrogen and oxygen atoms in total. The fourth-order valence-electron chi connectivity index (χ4n) is 3.05. The maximum atomic E-state index is 11.8. The first-order valence-corrected chi connectivity index (χ1v) is 10.4. The van der Waals surface area contributed by atoms with Crippen molar-refractivity contribution in [3.8, 4) is 0 Å². The standard InChI is InChI=1S/C25H26N3O4/c26-24(29)15-23(31-17-19-7-3-1-4-8-19)21-11-12-22(28-16-21)13-14-27-25(30)32-18-20-9-5-2-6-10-20/h1-12,16,23,26H,13-15,17-18H2,(H,27,30). The predicted octanol–water partition coefficient (Wildman–Crippen LogP) is 4.01. The second-order valence-corrected chi connectivity index (χ2v) is 7.23. The minimum absolute atomic E-state index is 0.0390. The van der Waals surface area contributed by atoms with E-state index in [-0.39, 0.29) is 13.0 Å². The first-order chi connectivity index (χ1) is 15.6. The van der Waals surface area contributed by atoms with Gasteiger partial charge in [-0.2, -0.15) is 0 Å². The summed E-state index contributed by atoms with van der Waals surface area (Å²) in [6, 6.07) is 22.8. The number of pyridine rings is 1. The van der Waals surface area contributed by atoms with E-state index in [2.05, 4.69) is 10.3 Å². The minimum atomic E-state index is -0.689. The largest absolute Gasteiger partial charge is 0.445 e. The van der Waals surface area contributed by atoms with E-state index in [1.165, 1.54) is 0 Å². The van der Waals surface area contributed by atoms with Gasteiger partial charge >= 0.3 is 6.09 Å². The molecule has 1 heterocycles. The number of carbonyl (C=O) groups excluding carboxylic acids is 2. The summed E-state index contributed by atoms with van der Waals surface area (Å²) >= 11 is 0. The van der Waals surface area contributed by atoms with Gasteiger partial charge in [0.1, 0.15) is 6.61 Å². The summed E-state index contributed by atoms with van der Waals surface area (Å²) in [4.78, 5) is 27.6. The highest BCUT2D eigenvalue weighted by atomic mass is 16.5. The average Bonchev–Trinajstić information content (AvgIpc) is 2.82. The molecular formula is C25H26N3O4. The number of nitrogens with one attached hydrogen (secondary N) is 2. The summed E-state index contributed by atoms with van der Waals surface area (Å²) in [6.45, 7) is 0.952. The van der Waals surface area contributed by atoms with E-state index in [4.69, 9.17) is 15.2 Å². The zero-order valence-corrected chi connectivity index (χ0v) is 17.7. The van der Waals surface area contributed by atoms with Crippen molar-refractivity contribution in [1.29, 1.82) is 0 Å². The fraction of sp³-hybridized carbons (Fsp3) is 0.240. The lowest BCUT2D eigenvalue weighted by Crippen LogP contribution is -2.26. The molecular weight excluding hydrogens is 406 g/mol. The van der Waals surface area contributed by atoms with Crippen LogP contribution < -0.4 is 11.1 Å². The van der Waals surface area contributed by atoms with E-state index >= 15 is 0 Å². The van der Waals surface area contributed by atoms with Crippen LogP contribution in [0, 0.1) is 0 Å². The Hall–Kier alpha value is -3.71. The SMILES string of the molecule is [NH]C(=O)CC(OCc1ccccc1)c1ccc(CCNC(=O)OCc2ccccc2)nc1. The molecule has 2 aromatic carbocycles. The van der Waals surface area contributed by atoms with Crippen LogP contribution in [-0.4, -0.2) is 23.5 Å². The fourth-order valence-corrected chi connectivity index (χ4v) is 3.05. The molecule has 1 aromatic heterocycles. The number of benzene rings is 2. The van der Waals surface area contributed by atoms with Crippen molar-refractivity contribution >= 4 is 12.0 Å². The van der Waals surface area contributed by atoms with Crippen LogP contribution in [0.3, 0.4) is 0 Å². The van der Waals surface area contributed by atoms with Gasteiger partial charge in [0.2, 0.25) is 5.91 Å². The van der Waals surface area contributed by atoms with Crippen molar-refractivity contribution in [1.82, 2.24) is 16.0 Å². The molecule has 0 spiro atoms. The van der Waals surface area contributed by atoms with Crippen LogP contribution in [0.2, 0.25) is 0 Å². The van der Waals surface area contributed by atoms with Crippen molar-refractivity contribution < 1.29 is 19.1 Å². The minimum Gasteiger partial charge on any atom is -0.445 e. The first-order valence-electron chi connectivity index (χ1n) is 10.4. The number of nitrogens with zero attached hydrogens (tertiary/aromatic N) is 1. The van der Waals surface area contributed by atoms with Crippen LogP contribution in [0.1, 0.15) is 34.9 Å². The Morgan fingerprint density at radius 3 is 2.16 bits per heavy atom. The number of carbonyl (C=O) groups is 2. The van der Waals surface area contributed by atoms with Crippen LogP contribution >= 0.6 is 0 Å². The van der Waals surface area contributed by atoms with Crippen molar-refractivity contribution in [2.24, 2.45) is 0 Å². The monoisotopic (exact) mass is 432 g/mol. The number of amides is 2. The summed E-state index contributed by atoms with van der Waals surface area (Å²) in [5.41, 5.74) is 10.8. The molecule has 3 aromatic rings. The molecule has 32 heavy (non-hydrogen) atoms. The molecule has 2 amide bonds. The molecule has 7 heteroatoms. The third-order valence-electron chi connectivity index (χ3n) is 4.75. The van der Waals surface area contributed by atoms with Gasteiger partial charge in [-0.3, -0.25) is 15.5 Å². The van der Waals surface area contributed by atoms with Gasteiger partial charge in [0, 0.05) is 24.9 Å². The van der Waals surface area contributed by atoms with Gasteiger partial charge in [-0.15, -0.1) is 0 Å². The lowest BCUT2D eigenvalue weighted by Gasteiger charge is -2.17. The molecule has 0 bridgehead atoms. The lowest BCUT2D eigenvalue weighted by atomic mass is 10.1. The van der Waals surface area contributed by atoms with Crippen LogP contribution in [-0.2, 0) is 33.9 Å². The van der Waals surface area contributed by atoms with E-state index in [1.807, 2.05) is 72.8 Å². The van der Waals surface area contributed by atoms with Crippen molar-refractivity contribution in [3.63, 3.8) is 0 Å². The molecule has 2 N–H and O–H groups in total. The molecule has 0 aliphatic heterocycles. The Kier molecular flexibility index (Phi) is 8.77. The number of hydrogen-bond acceptors (Lipinski definition) is 5. The Labute approximate surface area is 187 Å². The van der Waals surface area contributed by atoms with Crippen LogP contribution in [0.25, 0.3) is 0 Å². The lowest BCUT2D eigenvalue weighted by molar-refractivity contribution is -0.122.